The molecule has 31 heavy (non-hydrogen) atoms. The molecule has 0 bridgehead atoms. The zero-order valence-electron chi connectivity index (χ0n) is 19.0. The zero-order chi connectivity index (χ0) is 22.6. The molecule has 172 valence electrons. The molecule has 2 rings (SSSR count). The number of aliphatic hydroxyl groups is 2. The van der Waals surface area contributed by atoms with Gasteiger partial charge in [-0.05, 0) is 49.7 Å². The second-order valence-corrected chi connectivity index (χ2v) is 8.96. The van der Waals surface area contributed by atoms with Crippen molar-refractivity contribution in [2.24, 2.45) is 17.8 Å². The van der Waals surface area contributed by atoms with Crippen molar-refractivity contribution in [2.45, 2.75) is 77.4 Å². The van der Waals surface area contributed by atoms with Crippen molar-refractivity contribution in [2.75, 3.05) is 6.54 Å². The molecule has 1 aliphatic rings. The van der Waals surface area contributed by atoms with Gasteiger partial charge in [0.1, 0.15) is 0 Å². The molecule has 3 N–H and O–H groups in total. The number of carbonyl (C=O) groups excluding carboxylic acids is 2. The van der Waals surface area contributed by atoms with Gasteiger partial charge in [-0.15, -0.1) is 0 Å². The van der Waals surface area contributed by atoms with Gasteiger partial charge in [0, 0.05) is 31.7 Å². The maximum Gasteiger partial charge on any atom is 0.219 e. The highest BCUT2D eigenvalue weighted by molar-refractivity contribution is 5.89. The van der Waals surface area contributed by atoms with E-state index in [0.717, 1.165) is 31.2 Å². The van der Waals surface area contributed by atoms with Crippen molar-refractivity contribution in [3.8, 4) is 0 Å². The normalized spacial score (nSPS) is 24.4. The Morgan fingerprint density at radius 3 is 2.58 bits per heavy atom. The number of carbonyl (C=O) groups is 2. The van der Waals surface area contributed by atoms with Crippen LogP contribution in [0.3, 0.4) is 0 Å². The van der Waals surface area contributed by atoms with E-state index in [1.54, 1.807) is 6.08 Å². The van der Waals surface area contributed by atoms with E-state index in [-0.39, 0.29) is 23.5 Å². The summed E-state index contributed by atoms with van der Waals surface area (Å²) in [6, 6.07) is 9.93. The maximum absolute atomic E-state index is 12.3. The van der Waals surface area contributed by atoms with Gasteiger partial charge in [0.05, 0.1) is 12.2 Å². The van der Waals surface area contributed by atoms with Crippen LogP contribution < -0.4 is 5.32 Å². The first-order valence-corrected chi connectivity index (χ1v) is 11.8. The molecule has 0 saturated heterocycles. The summed E-state index contributed by atoms with van der Waals surface area (Å²) in [6.45, 7) is 4.75. The molecule has 1 aromatic rings. The predicted octanol–water partition coefficient (Wildman–Crippen LogP) is 3.83. The second kappa shape index (κ2) is 13.4. The summed E-state index contributed by atoms with van der Waals surface area (Å²) in [4.78, 5) is 23.8. The Balaban J connectivity index is 1.79. The Morgan fingerprint density at radius 2 is 1.87 bits per heavy atom. The van der Waals surface area contributed by atoms with E-state index in [1.807, 2.05) is 43.3 Å². The fourth-order valence-electron chi connectivity index (χ4n) is 4.57. The van der Waals surface area contributed by atoms with Gasteiger partial charge in [-0.25, -0.2) is 0 Å². The fraction of sp³-hybridized carbons (Fsp3) is 0.615. The highest BCUT2D eigenvalue weighted by Crippen LogP contribution is 2.38. The number of nitrogens with one attached hydrogen (secondary N) is 1. The predicted molar refractivity (Wildman–Crippen MR) is 123 cm³/mol. The number of unbranched alkanes of at least 4 members (excludes halogenated alkanes) is 1. The van der Waals surface area contributed by atoms with Crippen LogP contribution in [-0.4, -0.2) is 40.7 Å². The molecule has 1 aliphatic carbocycles. The lowest BCUT2D eigenvalue weighted by Gasteiger charge is -2.24. The topological polar surface area (TPSA) is 86.6 Å². The Bertz CT molecular complexity index is 703. The minimum Gasteiger partial charge on any atom is -0.393 e. The van der Waals surface area contributed by atoms with E-state index >= 15 is 0 Å². The van der Waals surface area contributed by atoms with Gasteiger partial charge in [-0.1, -0.05) is 56.2 Å². The number of rotatable bonds is 13. The molecule has 5 nitrogen and oxygen atoms in total. The molecule has 0 radical (unpaired) electrons. The smallest absolute Gasteiger partial charge is 0.219 e. The number of aryl methyl sites for hydroxylation is 1. The van der Waals surface area contributed by atoms with E-state index in [1.165, 1.54) is 0 Å². The Kier molecular flexibility index (Phi) is 11.0. The number of ketones is 1. The molecule has 0 aliphatic heterocycles. The molecule has 0 aromatic heterocycles. The summed E-state index contributed by atoms with van der Waals surface area (Å²) in [5, 5.41) is 23.7. The van der Waals surface area contributed by atoms with Crippen molar-refractivity contribution in [3.05, 3.63) is 48.0 Å². The van der Waals surface area contributed by atoms with Gasteiger partial charge in [-0.2, -0.15) is 0 Å². The van der Waals surface area contributed by atoms with Gasteiger partial charge in [0.15, 0.2) is 5.78 Å². The third-order valence-electron chi connectivity index (χ3n) is 6.32. The number of benzene rings is 1. The van der Waals surface area contributed by atoms with Crippen molar-refractivity contribution < 1.29 is 19.8 Å². The highest BCUT2D eigenvalue weighted by Gasteiger charge is 2.40. The molecular formula is C26H39NO4. The Morgan fingerprint density at radius 1 is 1.13 bits per heavy atom. The third-order valence-corrected chi connectivity index (χ3v) is 6.32. The minimum absolute atomic E-state index is 0.0356. The minimum atomic E-state index is -0.608. The fourth-order valence-corrected chi connectivity index (χ4v) is 4.57. The van der Waals surface area contributed by atoms with Crippen LogP contribution in [0.25, 0.3) is 0 Å². The summed E-state index contributed by atoms with van der Waals surface area (Å²) in [5.41, 5.74) is 1.14. The van der Waals surface area contributed by atoms with Crippen molar-refractivity contribution >= 4 is 11.7 Å². The van der Waals surface area contributed by atoms with Crippen molar-refractivity contribution in [1.29, 1.82) is 0 Å². The average Bonchev–Trinajstić information content (AvgIpc) is 3.01. The molecule has 0 heterocycles. The summed E-state index contributed by atoms with van der Waals surface area (Å²) in [7, 11) is 0. The molecule has 1 aromatic carbocycles. The van der Waals surface area contributed by atoms with E-state index < -0.39 is 12.2 Å². The lowest BCUT2D eigenvalue weighted by molar-refractivity contribution is -0.121. The van der Waals surface area contributed by atoms with Crippen LogP contribution in [0.2, 0.25) is 0 Å². The monoisotopic (exact) mass is 429 g/mol. The first kappa shape index (κ1) is 25.3. The second-order valence-electron chi connectivity index (χ2n) is 8.96. The average molecular weight is 430 g/mol. The number of hydrogen-bond donors (Lipinski definition) is 3. The Labute approximate surface area is 186 Å². The number of amides is 1. The number of allylic oxidation sites excluding steroid dienone is 1. The first-order valence-electron chi connectivity index (χ1n) is 11.8. The summed E-state index contributed by atoms with van der Waals surface area (Å²) < 4.78 is 0. The molecule has 5 atom stereocenters. The maximum atomic E-state index is 12.3. The molecule has 1 saturated carbocycles. The van der Waals surface area contributed by atoms with Crippen molar-refractivity contribution in [3.63, 3.8) is 0 Å². The summed E-state index contributed by atoms with van der Waals surface area (Å²) in [5.74, 6) is 0.324. The van der Waals surface area contributed by atoms with Crippen molar-refractivity contribution in [1.82, 2.24) is 5.32 Å². The number of hydrogen-bond acceptors (Lipinski definition) is 4. The third kappa shape index (κ3) is 8.96. The van der Waals surface area contributed by atoms with Crippen LogP contribution >= 0.6 is 0 Å². The molecular weight excluding hydrogens is 390 g/mol. The largest absolute Gasteiger partial charge is 0.393 e. The molecule has 1 amide bonds. The van der Waals surface area contributed by atoms with Gasteiger partial charge >= 0.3 is 0 Å². The van der Waals surface area contributed by atoms with Gasteiger partial charge in [-0.3, -0.25) is 9.59 Å². The summed E-state index contributed by atoms with van der Waals surface area (Å²) >= 11 is 0. The molecule has 1 fully saturated rings. The van der Waals surface area contributed by atoms with E-state index in [4.69, 9.17) is 0 Å². The number of aliphatic hydroxyl groups excluding tert-OH is 2. The van der Waals surface area contributed by atoms with Crippen LogP contribution in [0.5, 0.6) is 0 Å². The van der Waals surface area contributed by atoms with Crippen LogP contribution in [0.15, 0.2) is 42.5 Å². The standard InChI is InChI=1S/C26H39NO4/c1-3-27-26(31)12-8-7-9-19(2)17-23-22(24(29)18-25(23)30)16-15-21(28)14-13-20-10-5-4-6-11-20/h4-6,10-11,15-16,19,22-25,29-30H,3,7-9,12-14,17-18H2,1-2H3,(H,27,31)/b16-15+/t19?,22-,23-,24-,25+/m1/s1. The zero-order valence-corrected chi connectivity index (χ0v) is 19.0. The van der Waals surface area contributed by atoms with Crippen LogP contribution in [0.1, 0.15) is 64.4 Å². The molecule has 0 spiro atoms. The van der Waals surface area contributed by atoms with E-state index in [0.29, 0.717) is 38.1 Å². The van der Waals surface area contributed by atoms with E-state index in [9.17, 15) is 19.8 Å². The first-order chi connectivity index (χ1) is 14.9. The van der Waals surface area contributed by atoms with Crippen LogP contribution in [-0.2, 0) is 16.0 Å². The highest BCUT2D eigenvalue weighted by atomic mass is 16.3. The lowest BCUT2D eigenvalue weighted by Crippen LogP contribution is -2.23. The van der Waals surface area contributed by atoms with Crippen LogP contribution in [0, 0.1) is 17.8 Å². The van der Waals surface area contributed by atoms with Gasteiger partial charge in [0.2, 0.25) is 5.91 Å². The van der Waals surface area contributed by atoms with Crippen LogP contribution in [0.4, 0.5) is 0 Å². The van der Waals surface area contributed by atoms with E-state index in [2.05, 4.69) is 12.2 Å². The molecule has 5 heteroatoms. The van der Waals surface area contributed by atoms with Gasteiger partial charge in [0.25, 0.3) is 0 Å². The summed E-state index contributed by atoms with van der Waals surface area (Å²) in [6.07, 6.45) is 7.98. The molecule has 1 unspecified atom stereocenters. The Hall–Kier alpha value is -1.98. The lowest BCUT2D eigenvalue weighted by atomic mass is 9.83. The SMILES string of the molecule is CCNC(=O)CCCCC(C)C[C@@H]1[C@@H](/C=C/C(=O)CCc2ccccc2)[C@H](O)C[C@@H]1O. The van der Waals surface area contributed by atoms with Gasteiger partial charge < -0.3 is 15.5 Å². The quantitative estimate of drug-likeness (QED) is 0.329.